The summed E-state index contributed by atoms with van der Waals surface area (Å²) in [6.45, 7) is 5.28. The van der Waals surface area contributed by atoms with Gasteiger partial charge in [0.15, 0.2) is 0 Å². The number of aryl methyl sites for hydroxylation is 1. The van der Waals surface area contributed by atoms with E-state index in [9.17, 15) is 4.79 Å². The van der Waals surface area contributed by atoms with Crippen LogP contribution < -0.4 is 0 Å². The molecule has 0 spiro atoms. The van der Waals surface area contributed by atoms with Crippen molar-refractivity contribution in [2.45, 2.75) is 20.8 Å². The van der Waals surface area contributed by atoms with Gasteiger partial charge in [0.2, 0.25) is 0 Å². The molecule has 0 amide bonds. The van der Waals surface area contributed by atoms with Gasteiger partial charge < -0.3 is 4.79 Å². The summed E-state index contributed by atoms with van der Waals surface area (Å²) in [7, 11) is 0. The van der Waals surface area contributed by atoms with Crippen molar-refractivity contribution in [3.8, 4) is 0 Å². The summed E-state index contributed by atoms with van der Waals surface area (Å²) in [6.07, 6.45) is 0. The molecule has 1 aromatic heterocycles. The van der Waals surface area contributed by atoms with Crippen LogP contribution in [0.5, 0.6) is 0 Å². The number of carbonyl (C=O) groups excluding carboxylic acids is 1. The molecule has 0 aliphatic rings. The Morgan fingerprint density at radius 2 is 2.00 bits per heavy atom. The van der Waals surface area contributed by atoms with Crippen molar-refractivity contribution < 1.29 is 37.5 Å². The molecule has 0 aliphatic heterocycles. The van der Waals surface area contributed by atoms with Crippen LogP contribution in [0.3, 0.4) is 0 Å². The number of aromatic nitrogens is 1. The summed E-state index contributed by atoms with van der Waals surface area (Å²) in [5, 5.41) is 0. The molecule has 0 aromatic carbocycles. The summed E-state index contributed by atoms with van der Waals surface area (Å²) in [5.41, 5.74) is 2.39. The quantitative estimate of drug-likeness (QED) is 0.453. The van der Waals surface area contributed by atoms with Crippen molar-refractivity contribution in [1.82, 2.24) is 4.98 Å². The predicted molar refractivity (Wildman–Crippen MR) is 50.3 cm³/mol. The number of halogens is 1. The average Bonchev–Trinajstić information content (AvgIpc) is 1.96. The van der Waals surface area contributed by atoms with Gasteiger partial charge in [-0.2, -0.15) is 0 Å². The SMILES string of the molecule is CC(=O)c1[c-]c(Br)nc(C)c1C.[Y]. The van der Waals surface area contributed by atoms with Crippen LogP contribution in [0, 0.1) is 19.9 Å². The number of hydrogen-bond donors (Lipinski definition) is 0. The standard InChI is InChI=1S/C9H9BrNO.Y/c1-5-6(2)11-9(10)4-8(5)7(3)12;/h1-3H3;/q-1;. The maximum Gasteiger partial charge on any atom is 0.0471 e. The zero-order valence-corrected chi connectivity index (χ0v) is 12.2. The second-order valence-corrected chi connectivity index (χ2v) is 3.42. The van der Waals surface area contributed by atoms with Crippen molar-refractivity contribution in [3.63, 3.8) is 0 Å². The van der Waals surface area contributed by atoms with E-state index >= 15 is 0 Å². The van der Waals surface area contributed by atoms with Crippen LogP contribution in [0.1, 0.15) is 28.5 Å². The molecule has 1 rings (SSSR count). The number of Topliss-reactive ketones (excluding diaryl/α,β-unsaturated/α-hetero) is 1. The molecule has 67 valence electrons. The third-order valence-corrected chi connectivity index (χ3v) is 2.14. The molecule has 0 bridgehead atoms. The van der Waals surface area contributed by atoms with Crippen LogP contribution in [-0.4, -0.2) is 10.8 Å². The molecule has 1 aromatic rings. The fraction of sp³-hybridized carbons (Fsp3) is 0.333. The van der Waals surface area contributed by atoms with E-state index in [-0.39, 0.29) is 38.5 Å². The van der Waals surface area contributed by atoms with E-state index in [0.717, 1.165) is 11.3 Å². The summed E-state index contributed by atoms with van der Waals surface area (Å²) in [4.78, 5) is 15.2. The molecule has 0 atom stereocenters. The predicted octanol–water partition coefficient (Wildman–Crippen LogP) is 2.46. The Bertz CT molecular complexity index is 339. The third kappa shape index (κ3) is 3.22. The van der Waals surface area contributed by atoms with E-state index in [2.05, 4.69) is 27.0 Å². The molecule has 0 aliphatic carbocycles. The molecular formula is C9H9BrNOY-. The molecule has 2 nitrogen and oxygen atoms in total. The number of pyridine rings is 1. The first-order valence-corrected chi connectivity index (χ1v) is 4.38. The minimum absolute atomic E-state index is 0. The maximum absolute atomic E-state index is 11.1. The van der Waals surface area contributed by atoms with Crippen molar-refractivity contribution in [2.75, 3.05) is 0 Å². The van der Waals surface area contributed by atoms with E-state index in [0.29, 0.717) is 10.2 Å². The Morgan fingerprint density at radius 3 is 2.46 bits per heavy atom. The number of carbonyl (C=O) groups is 1. The van der Waals surface area contributed by atoms with Gasteiger partial charge in [-0.15, -0.1) is 17.2 Å². The monoisotopic (exact) mass is 315 g/mol. The van der Waals surface area contributed by atoms with Gasteiger partial charge in [0.1, 0.15) is 0 Å². The van der Waals surface area contributed by atoms with Crippen LogP contribution in [0.25, 0.3) is 0 Å². The van der Waals surface area contributed by atoms with Crippen LogP contribution in [-0.2, 0) is 32.7 Å². The van der Waals surface area contributed by atoms with Gasteiger partial charge in [-0.1, -0.05) is 6.92 Å². The fourth-order valence-corrected chi connectivity index (χ4v) is 1.45. The van der Waals surface area contributed by atoms with Crippen molar-refractivity contribution in [3.05, 3.63) is 27.5 Å². The molecular weight excluding hydrogens is 307 g/mol. The van der Waals surface area contributed by atoms with Gasteiger partial charge >= 0.3 is 0 Å². The molecule has 1 heterocycles. The van der Waals surface area contributed by atoms with Crippen molar-refractivity contribution in [2.24, 2.45) is 0 Å². The number of nitrogens with zero attached hydrogens (tertiary/aromatic N) is 1. The molecule has 0 N–H and O–H groups in total. The van der Waals surface area contributed by atoms with E-state index in [1.54, 1.807) is 0 Å². The first kappa shape index (κ1) is 13.4. The Morgan fingerprint density at radius 1 is 1.46 bits per heavy atom. The zero-order valence-electron chi connectivity index (χ0n) is 7.81. The molecule has 1 radical (unpaired) electrons. The largest absolute Gasteiger partial charge is 0.371 e. The number of hydrogen-bond acceptors (Lipinski definition) is 2. The summed E-state index contributed by atoms with van der Waals surface area (Å²) < 4.78 is 0.593. The third-order valence-electron chi connectivity index (χ3n) is 1.76. The summed E-state index contributed by atoms with van der Waals surface area (Å²) in [5.74, 6) is 0.0266. The Hall–Kier alpha value is 0.404. The number of ketones is 1. The summed E-state index contributed by atoms with van der Waals surface area (Å²) in [6, 6.07) is 2.87. The van der Waals surface area contributed by atoms with E-state index in [1.807, 2.05) is 13.8 Å². The molecule has 0 saturated carbocycles. The first-order valence-electron chi connectivity index (χ1n) is 3.59. The Balaban J connectivity index is 0.00000144. The summed E-state index contributed by atoms with van der Waals surface area (Å²) >= 11 is 3.20. The van der Waals surface area contributed by atoms with Gasteiger partial charge in [-0.25, -0.2) is 0 Å². The minimum Gasteiger partial charge on any atom is -0.371 e. The van der Waals surface area contributed by atoms with Crippen LogP contribution in [0.4, 0.5) is 0 Å². The van der Waals surface area contributed by atoms with E-state index in [1.165, 1.54) is 6.92 Å². The molecule has 0 fully saturated rings. The number of rotatable bonds is 1. The maximum atomic E-state index is 11.1. The molecule has 4 heteroatoms. The van der Waals surface area contributed by atoms with Gasteiger partial charge in [-0.05, 0) is 35.5 Å². The molecule has 0 saturated heterocycles. The van der Waals surface area contributed by atoms with Gasteiger partial charge in [0.25, 0.3) is 0 Å². The zero-order chi connectivity index (χ0) is 9.30. The fourth-order valence-electron chi connectivity index (χ4n) is 0.989. The van der Waals surface area contributed by atoms with Crippen LogP contribution in [0.2, 0.25) is 0 Å². The van der Waals surface area contributed by atoms with Crippen LogP contribution >= 0.6 is 15.9 Å². The average molecular weight is 316 g/mol. The van der Waals surface area contributed by atoms with Crippen LogP contribution in [0.15, 0.2) is 4.60 Å². The van der Waals surface area contributed by atoms with Gasteiger partial charge in [-0.3, -0.25) is 4.98 Å². The van der Waals surface area contributed by atoms with Gasteiger partial charge in [0.05, 0.1) is 0 Å². The minimum atomic E-state index is 0. The van der Waals surface area contributed by atoms with E-state index in [4.69, 9.17) is 0 Å². The van der Waals surface area contributed by atoms with Crippen molar-refractivity contribution >= 4 is 21.7 Å². The Labute approximate surface area is 112 Å². The second kappa shape index (κ2) is 5.33. The molecule has 0 unspecified atom stereocenters. The first-order chi connectivity index (χ1) is 5.52. The Kier molecular flexibility index (Phi) is 5.49. The molecule has 13 heavy (non-hydrogen) atoms. The topological polar surface area (TPSA) is 30.0 Å². The normalized spacial score (nSPS) is 9.23. The van der Waals surface area contributed by atoms with Gasteiger partial charge in [0, 0.05) is 43.1 Å². The second-order valence-electron chi connectivity index (χ2n) is 2.67. The van der Waals surface area contributed by atoms with E-state index < -0.39 is 0 Å². The smallest absolute Gasteiger partial charge is 0.0471 e. The van der Waals surface area contributed by atoms with Crippen molar-refractivity contribution in [1.29, 1.82) is 0 Å².